The number of imidazole rings is 1. The van der Waals surface area contributed by atoms with Crippen LogP contribution in [0.5, 0.6) is 5.88 Å². The van der Waals surface area contributed by atoms with Crippen molar-refractivity contribution in [1.82, 2.24) is 19.1 Å². The Balaban J connectivity index is 0.00000264. The Morgan fingerprint density at radius 2 is 1.83 bits per heavy atom. The Morgan fingerprint density at radius 3 is 2.35 bits per heavy atom. The summed E-state index contributed by atoms with van der Waals surface area (Å²) in [5.41, 5.74) is -2.02. The van der Waals surface area contributed by atoms with Crippen LogP contribution in [0.25, 0.3) is 9.69 Å². The van der Waals surface area contributed by atoms with Crippen molar-refractivity contribution in [2.24, 2.45) is 24.3 Å². The number of hydrogen-bond donors (Lipinski definition) is 2. The molecule has 0 saturated carbocycles. The second-order valence-corrected chi connectivity index (χ2v) is 4.03. The monoisotopic (exact) mass is 363 g/mol. The summed E-state index contributed by atoms with van der Waals surface area (Å²) in [4.78, 5) is 35.6. The fourth-order valence-corrected chi connectivity index (χ4v) is 1.55. The van der Waals surface area contributed by atoms with Gasteiger partial charge in [-0.25, -0.2) is 4.79 Å². The second kappa shape index (κ2) is 6.70. The van der Waals surface area contributed by atoms with Crippen LogP contribution in [-0.2, 0) is 31.2 Å². The van der Waals surface area contributed by atoms with Crippen molar-refractivity contribution < 1.29 is 22.2 Å². The van der Waals surface area contributed by atoms with Gasteiger partial charge in [-0.15, -0.1) is 5.11 Å². The van der Waals surface area contributed by atoms with E-state index in [0.717, 1.165) is 9.13 Å². The summed E-state index contributed by atoms with van der Waals surface area (Å²) in [7, 11) is 2.49. The van der Waals surface area contributed by atoms with E-state index in [-0.39, 0.29) is 34.7 Å². The third-order valence-corrected chi connectivity index (χ3v) is 2.73. The van der Waals surface area contributed by atoms with Crippen LogP contribution in [0, 0.1) is 13.1 Å². The number of aromatic nitrogens is 4. The minimum atomic E-state index is -0.841. The number of aromatic hydroxyl groups is 1. The molecule has 0 amide bonds. The van der Waals surface area contributed by atoms with E-state index in [2.05, 4.69) is 29.9 Å². The summed E-state index contributed by atoms with van der Waals surface area (Å²) in [6, 6.07) is 0. The summed E-state index contributed by atoms with van der Waals surface area (Å²) >= 11 is 0. The minimum Gasteiger partial charge on any atom is -0.493 e. The van der Waals surface area contributed by atoms with Crippen molar-refractivity contribution in [3.63, 3.8) is 0 Å². The van der Waals surface area contributed by atoms with E-state index in [0.29, 0.717) is 0 Å². The first kappa shape index (κ1) is 17.8. The van der Waals surface area contributed by atoms with Gasteiger partial charge in [-0.3, -0.25) is 18.9 Å². The summed E-state index contributed by atoms with van der Waals surface area (Å²) in [6.07, 6.45) is 0. The molecule has 23 heavy (non-hydrogen) atoms. The Hall–Kier alpha value is -3.21. The normalized spacial score (nSPS) is 10.1. The number of aromatic amines is 1. The molecule has 2 aromatic rings. The van der Waals surface area contributed by atoms with Gasteiger partial charge in [-0.1, -0.05) is 23.2 Å². The fraction of sp³-hybridized carbons (Fsp3) is 0.182. The van der Waals surface area contributed by atoms with Gasteiger partial charge in [0.05, 0.1) is 0 Å². The number of rotatable bonds is 2. The second-order valence-electron chi connectivity index (χ2n) is 4.03. The number of azo groups is 1. The fourth-order valence-electron chi connectivity index (χ4n) is 1.55. The smallest absolute Gasteiger partial charge is 0.493 e. The van der Waals surface area contributed by atoms with E-state index in [1.54, 1.807) is 0 Å². The van der Waals surface area contributed by atoms with Crippen LogP contribution in [0.2, 0.25) is 0 Å². The first-order valence-electron chi connectivity index (χ1n) is 5.66. The van der Waals surface area contributed by atoms with Crippen molar-refractivity contribution in [3.8, 4) is 5.88 Å². The topological polar surface area (TPSA) is 126 Å². The molecule has 0 aliphatic rings. The standard InChI is InChI=1S/C11H8N8O3.Cu/c1-12-6-7(13-2)15-10(14-6)17-16-5-8(20)18(3)11(22)19(4)9(5)21;/h20H,3-4H3,(H,14,15);/q;+2. The molecule has 0 aliphatic carbocycles. The van der Waals surface area contributed by atoms with Crippen molar-refractivity contribution >= 4 is 23.3 Å². The zero-order valence-electron chi connectivity index (χ0n) is 11.7. The van der Waals surface area contributed by atoms with Gasteiger partial charge in [-0.05, 0) is 0 Å². The maximum absolute atomic E-state index is 11.9. The van der Waals surface area contributed by atoms with E-state index in [1.807, 2.05) is 0 Å². The van der Waals surface area contributed by atoms with Crippen molar-refractivity contribution in [1.29, 1.82) is 0 Å². The van der Waals surface area contributed by atoms with Crippen molar-refractivity contribution in [2.45, 2.75) is 0 Å². The molecule has 2 heterocycles. The summed E-state index contributed by atoms with van der Waals surface area (Å²) in [5.74, 6) is -1.12. The molecular formula is C11H8CuN8O3+2. The van der Waals surface area contributed by atoms with Gasteiger partial charge in [0.15, 0.2) is 0 Å². The van der Waals surface area contributed by atoms with E-state index >= 15 is 0 Å². The van der Waals surface area contributed by atoms with Gasteiger partial charge in [0.2, 0.25) is 11.6 Å². The number of H-pyrrole nitrogens is 1. The van der Waals surface area contributed by atoms with E-state index in [4.69, 9.17) is 13.1 Å². The molecule has 0 fully saturated rings. The predicted molar refractivity (Wildman–Crippen MR) is 73.9 cm³/mol. The first-order valence-corrected chi connectivity index (χ1v) is 5.66. The molecule has 0 aliphatic heterocycles. The number of nitrogens with one attached hydrogen (secondary N) is 1. The van der Waals surface area contributed by atoms with Crippen molar-refractivity contribution in [2.75, 3.05) is 0 Å². The van der Waals surface area contributed by atoms with Gasteiger partial charge in [-0.2, -0.15) is 0 Å². The molecule has 2 rings (SSSR count). The summed E-state index contributed by atoms with van der Waals surface area (Å²) < 4.78 is 1.58. The molecule has 119 valence electrons. The molecule has 0 unspecified atom stereocenters. The molecule has 12 heteroatoms. The average molecular weight is 364 g/mol. The van der Waals surface area contributed by atoms with Crippen LogP contribution in [0.15, 0.2) is 19.8 Å². The molecule has 0 spiro atoms. The molecule has 11 nitrogen and oxygen atoms in total. The third kappa shape index (κ3) is 3.03. The SMILES string of the molecule is [C-]#[N+]c1nc(N=Nc2c(O)n(C)c(=O)n(C)c2=O)[nH]c1[N+]#[C-].[Cu+2]. The van der Waals surface area contributed by atoms with Gasteiger partial charge in [0.1, 0.15) is 0 Å². The zero-order chi connectivity index (χ0) is 16.4. The van der Waals surface area contributed by atoms with Crippen molar-refractivity contribution in [3.05, 3.63) is 43.7 Å². The molecule has 0 atom stereocenters. The largest absolute Gasteiger partial charge is 2.00 e. The summed E-state index contributed by atoms with van der Waals surface area (Å²) in [5, 5.41) is 16.9. The minimum absolute atomic E-state index is 0. The molecule has 2 N–H and O–H groups in total. The Labute approximate surface area is 139 Å². The molecular weight excluding hydrogens is 356 g/mol. The van der Waals surface area contributed by atoms with Crippen LogP contribution in [-0.4, -0.2) is 24.2 Å². The van der Waals surface area contributed by atoms with Crippen LogP contribution >= 0.6 is 0 Å². The van der Waals surface area contributed by atoms with Crippen LogP contribution in [0.4, 0.5) is 23.3 Å². The Morgan fingerprint density at radius 1 is 1.17 bits per heavy atom. The predicted octanol–water partition coefficient (Wildman–Crippen LogP) is 1.03. The van der Waals surface area contributed by atoms with E-state index < -0.39 is 22.8 Å². The number of nitrogens with zero attached hydrogens (tertiary/aromatic N) is 7. The molecule has 2 aromatic heterocycles. The third-order valence-electron chi connectivity index (χ3n) is 2.73. The number of hydrogen-bond acceptors (Lipinski definition) is 6. The zero-order valence-corrected chi connectivity index (χ0v) is 12.6. The van der Waals surface area contributed by atoms with Crippen LogP contribution < -0.4 is 11.2 Å². The Bertz CT molecular complexity index is 953. The van der Waals surface area contributed by atoms with Crippen LogP contribution in [0.3, 0.4) is 0 Å². The summed E-state index contributed by atoms with van der Waals surface area (Å²) in [6.45, 7) is 13.7. The van der Waals surface area contributed by atoms with Crippen LogP contribution in [0.1, 0.15) is 0 Å². The van der Waals surface area contributed by atoms with Gasteiger partial charge in [0.25, 0.3) is 17.2 Å². The first-order chi connectivity index (χ1) is 10.4. The maximum atomic E-state index is 11.9. The molecule has 1 radical (unpaired) electrons. The molecule has 0 bridgehead atoms. The van der Waals surface area contributed by atoms with Gasteiger partial charge >= 0.3 is 28.7 Å². The van der Waals surface area contributed by atoms with Gasteiger partial charge < -0.3 is 14.8 Å². The van der Waals surface area contributed by atoms with E-state index in [1.165, 1.54) is 14.1 Å². The molecule has 0 aromatic carbocycles. The Kier molecular flexibility index (Phi) is 5.20. The van der Waals surface area contributed by atoms with E-state index in [9.17, 15) is 14.7 Å². The molecule has 0 saturated heterocycles. The van der Waals surface area contributed by atoms with Gasteiger partial charge in [0, 0.05) is 14.1 Å². The quantitative estimate of drug-likeness (QED) is 0.469. The average Bonchev–Trinajstić information content (AvgIpc) is 2.93. The maximum Gasteiger partial charge on any atom is 2.00 e.